The summed E-state index contributed by atoms with van der Waals surface area (Å²) in [6.07, 6.45) is -1.55. The van der Waals surface area contributed by atoms with E-state index >= 15 is 0 Å². The van der Waals surface area contributed by atoms with Crippen LogP contribution in [-0.2, 0) is 4.79 Å². The molecule has 0 aromatic rings. The fourth-order valence-corrected chi connectivity index (χ4v) is 1.65. The molecule has 0 aromatic carbocycles. The number of nitrogens with one attached hydrogen (secondary N) is 1. The number of aliphatic hydroxyl groups excluding tert-OH is 1. The Morgan fingerprint density at radius 1 is 1.29 bits per heavy atom. The minimum atomic E-state index is -1.55. The molecule has 1 rings (SSSR count). The second-order valence-corrected chi connectivity index (χ2v) is 3.96. The summed E-state index contributed by atoms with van der Waals surface area (Å²) in [4.78, 5) is 25.8. The molecule has 1 aliphatic heterocycles. The highest BCUT2D eigenvalue weighted by atomic mass is 16.4. The molecule has 0 aromatic heterocycles. The quantitative estimate of drug-likeness (QED) is 0.577. The minimum absolute atomic E-state index is 0.262. The van der Waals surface area contributed by atoms with E-state index in [2.05, 4.69) is 17.1 Å². The number of carboxylic acid groups (broad SMARTS) is 1. The molecule has 1 heterocycles. The van der Waals surface area contributed by atoms with E-state index in [0.717, 1.165) is 19.6 Å². The third-order valence-electron chi connectivity index (χ3n) is 2.84. The predicted octanol–water partition coefficient (Wildman–Crippen LogP) is -1.22. The fraction of sp³-hybridized carbons (Fsp3) is 0.800. The summed E-state index contributed by atoms with van der Waals surface area (Å²) in [6.45, 7) is 5.68. The summed E-state index contributed by atoms with van der Waals surface area (Å²) in [5.41, 5.74) is 0. The van der Waals surface area contributed by atoms with Gasteiger partial charge < -0.3 is 25.3 Å². The van der Waals surface area contributed by atoms with Crippen LogP contribution in [0, 0.1) is 0 Å². The number of piperazine rings is 1. The van der Waals surface area contributed by atoms with E-state index in [1.165, 1.54) is 0 Å². The van der Waals surface area contributed by atoms with Crippen LogP contribution in [0.15, 0.2) is 0 Å². The zero-order valence-electron chi connectivity index (χ0n) is 9.93. The molecule has 0 radical (unpaired) electrons. The molecule has 7 heteroatoms. The number of aliphatic hydroxyl groups is 1. The second kappa shape index (κ2) is 6.41. The molecule has 98 valence electrons. The van der Waals surface area contributed by atoms with Crippen LogP contribution >= 0.6 is 0 Å². The molecule has 0 saturated carbocycles. The summed E-state index contributed by atoms with van der Waals surface area (Å²) >= 11 is 0. The summed E-state index contributed by atoms with van der Waals surface area (Å²) in [6, 6.07) is -0.318. The standard InChI is InChI=1S/C10H19N3O4/c1-2-12-3-5-13(6-4-12)10(17)11-7-8(14)9(15)16/h8,14H,2-7H2,1H3,(H,11,17)(H,15,16)/t8-/m0/s1. The van der Waals surface area contributed by atoms with Gasteiger partial charge >= 0.3 is 12.0 Å². The van der Waals surface area contributed by atoms with E-state index in [1.807, 2.05) is 0 Å². The maximum absolute atomic E-state index is 11.6. The van der Waals surface area contributed by atoms with Crippen molar-refractivity contribution in [3.05, 3.63) is 0 Å². The molecule has 1 saturated heterocycles. The van der Waals surface area contributed by atoms with Gasteiger partial charge in [-0.2, -0.15) is 0 Å². The number of urea groups is 1. The fourth-order valence-electron chi connectivity index (χ4n) is 1.65. The van der Waals surface area contributed by atoms with Gasteiger partial charge in [0.2, 0.25) is 0 Å². The molecule has 1 aliphatic rings. The van der Waals surface area contributed by atoms with Crippen molar-refractivity contribution in [3.8, 4) is 0 Å². The molecule has 17 heavy (non-hydrogen) atoms. The number of hydrogen-bond donors (Lipinski definition) is 3. The van der Waals surface area contributed by atoms with Crippen LogP contribution in [0.1, 0.15) is 6.92 Å². The number of likely N-dealkylation sites (N-methyl/N-ethyl adjacent to an activating group) is 1. The average molecular weight is 245 g/mol. The van der Waals surface area contributed by atoms with E-state index in [1.54, 1.807) is 4.90 Å². The zero-order valence-corrected chi connectivity index (χ0v) is 9.93. The first-order chi connectivity index (χ1) is 8.04. The monoisotopic (exact) mass is 245 g/mol. The molecule has 3 N–H and O–H groups in total. The van der Waals surface area contributed by atoms with Gasteiger partial charge in [-0.25, -0.2) is 9.59 Å². The lowest BCUT2D eigenvalue weighted by molar-refractivity contribution is -0.146. The Morgan fingerprint density at radius 2 is 1.88 bits per heavy atom. The lowest BCUT2D eigenvalue weighted by Crippen LogP contribution is -2.52. The van der Waals surface area contributed by atoms with Crippen molar-refractivity contribution in [1.82, 2.24) is 15.1 Å². The molecule has 0 unspecified atom stereocenters. The average Bonchev–Trinajstić information content (AvgIpc) is 2.35. The maximum atomic E-state index is 11.6. The Kier molecular flexibility index (Phi) is 5.17. The van der Waals surface area contributed by atoms with Crippen LogP contribution in [0.4, 0.5) is 4.79 Å². The Hall–Kier alpha value is -1.34. The van der Waals surface area contributed by atoms with Crippen molar-refractivity contribution in [2.45, 2.75) is 13.0 Å². The summed E-state index contributed by atoms with van der Waals surface area (Å²) in [5, 5.41) is 19.9. The Bertz CT molecular complexity index is 277. The third kappa shape index (κ3) is 4.20. The molecular weight excluding hydrogens is 226 g/mol. The van der Waals surface area contributed by atoms with Gasteiger partial charge in [0.25, 0.3) is 0 Å². The highest BCUT2D eigenvalue weighted by Gasteiger charge is 2.21. The van der Waals surface area contributed by atoms with Crippen molar-refractivity contribution in [2.75, 3.05) is 39.3 Å². The first-order valence-electron chi connectivity index (χ1n) is 5.70. The first-order valence-corrected chi connectivity index (χ1v) is 5.70. The first kappa shape index (κ1) is 13.7. The van der Waals surface area contributed by atoms with Gasteiger partial charge in [-0.1, -0.05) is 6.92 Å². The number of carboxylic acids is 1. The minimum Gasteiger partial charge on any atom is -0.479 e. The zero-order chi connectivity index (χ0) is 12.8. The van der Waals surface area contributed by atoms with Gasteiger partial charge in [0.05, 0.1) is 6.54 Å². The van der Waals surface area contributed by atoms with E-state index in [0.29, 0.717) is 13.1 Å². The van der Waals surface area contributed by atoms with Gasteiger partial charge in [-0.15, -0.1) is 0 Å². The lowest BCUT2D eigenvalue weighted by atomic mass is 10.3. The van der Waals surface area contributed by atoms with Gasteiger partial charge in [0.1, 0.15) is 0 Å². The number of nitrogens with zero attached hydrogens (tertiary/aromatic N) is 2. The van der Waals surface area contributed by atoms with Crippen molar-refractivity contribution in [3.63, 3.8) is 0 Å². The van der Waals surface area contributed by atoms with E-state index in [4.69, 9.17) is 10.2 Å². The molecular formula is C10H19N3O4. The maximum Gasteiger partial charge on any atom is 0.334 e. The van der Waals surface area contributed by atoms with Gasteiger partial charge in [0.15, 0.2) is 6.10 Å². The number of hydrogen-bond acceptors (Lipinski definition) is 4. The van der Waals surface area contributed by atoms with Crippen molar-refractivity contribution < 1.29 is 19.8 Å². The molecule has 7 nitrogen and oxygen atoms in total. The SMILES string of the molecule is CCN1CCN(C(=O)NC[C@H](O)C(=O)O)CC1. The van der Waals surface area contributed by atoms with E-state index < -0.39 is 12.1 Å². The number of amides is 2. The van der Waals surface area contributed by atoms with Crippen LogP contribution in [0.25, 0.3) is 0 Å². The van der Waals surface area contributed by atoms with E-state index in [-0.39, 0.29) is 12.6 Å². The number of carbonyl (C=O) groups is 2. The Morgan fingerprint density at radius 3 is 2.35 bits per heavy atom. The molecule has 0 spiro atoms. The van der Waals surface area contributed by atoms with Crippen LogP contribution in [0.5, 0.6) is 0 Å². The van der Waals surface area contributed by atoms with Crippen molar-refractivity contribution in [2.24, 2.45) is 0 Å². The Balaban J connectivity index is 2.27. The largest absolute Gasteiger partial charge is 0.479 e. The molecule has 1 fully saturated rings. The number of carbonyl (C=O) groups excluding carboxylic acids is 1. The van der Waals surface area contributed by atoms with Crippen LogP contribution in [0.2, 0.25) is 0 Å². The molecule has 1 atom stereocenters. The second-order valence-electron chi connectivity index (χ2n) is 3.96. The van der Waals surface area contributed by atoms with Gasteiger partial charge in [0, 0.05) is 26.2 Å². The van der Waals surface area contributed by atoms with Crippen molar-refractivity contribution in [1.29, 1.82) is 0 Å². The highest BCUT2D eigenvalue weighted by molar-refractivity contribution is 5.76. The Labute approximate surface area is 100.0 Å². The highest BCUT2D eigenvalue weighted by Crippen LogP contribution is 2.01. The van der Waals surface area contributed by atoms with Crippen LogP contribution < -0.4 is 5.32 Å². The number of aliphatic carboxylic acids is 1. The lowest BCUT2D eigenvalue weighted by Gasteiger charge is -2.34. The normalized spacial score (nSPS) is 18.8. The van der Waals surface area contributed by atoms with Crippen LogP contribution in [-0.4, -0.2) is 77.4 Å². The van der Waals surface area contributed by atoms with Gasteiger partial charge in [-0.05, 0) is 6.54 Å². The summed E-state index contributed by atoms with van der Waals surface area (Å²) in [5.74, 6) is -1.33. The smallest absolute Gasteiger partial charge is 0.334 e. The van der Waals surface area contributed by atoms with Crippen molar-refractivity contribution >= 4 is 12.0 Å². The number of rotatable bonds is 4. The predicted molar refractivity (Wildman–Crippen MR) is 60.7 cm³/mol. The molecule has 0 aliphatic carbocycles. The van der Waals surface area contributed by atoms with Gasteiger partial charge in [-0.3, -0.25) is 0 Å². The van der Waals surface area contributed by atoms with E-state index in [9.17, 15) is 9.59 Å². The topological polar surface area (TPSA) is 93.1 Å². The molecule has 0 bridgehead atoms. The summed E-state index contributed by atoms with van der Waals surface area (Å²) < 4.78 is 0. The molecule has 2 amide bonds. The van der Waals surface area contributed by atoms with Crippen LogP contribution in [0.3, 0.4) is 0 Å². The summed E-state index contributed by atoms with van der Waals surface area (Å²) in [7, 11) is 0. The third-order valence-corrected chi connectivity index (χ3v) is 2.84.